The summed E-state index contributed by atoms with van der Waals surface area (Å²) in [7, 11) is 1.69. The average Bonchev–Trinajstić information content (AvgIpc) is 2.20. The zero-order valence-corrected chi connectivity index (χ0v) is 11.0. The van der Waals surface area contributed by atoms with Crippen LogP contribution in [0.25, 0.3) is 0 Å². The second kappa shape index (κ2) is 6.25. The van der Waals surface area contributed by atoms with Gasteiger partial charge in [-0.15, -0.1) is 0 Å². The third-order valence-corrected chi connectivity index (χ3v) is 2.55. The molecule has 1 unspecified atom stereocenters. The molecule has 0 aromatic carbocycles. The van der Waals surface area contributed by atoms with Gasteiger partial charge in [-0.2, -0.15) is 4.98 Å². The minimum atomic E-state index is 0.236. The Morgan fingerprint density at radius 3 is 3.07 bits per heavy atom. The van der Waals surface area contributed by atoms with Gasteiger partial charge in [-0.3, -0.25) is 0 Å². The first kappa shape index (κ1) is 12.7. The van der Waals surface area contributed by atoms with Gasteiger partial charge in [0.05, 0.1) is 11.1 Å². The number of hydrogen-bond donors (Lipinski definition) is 1. The number of methoxy groups -OCH3 is 1. The van der Waals surface area contributed by atoms with E-state index in [1.807, 2.05) is 0 Å². The Balaban J connectivity index is 2.53. The lowest BCUT2D eigenvalue weighted by Gasteiger charge is -2.12. The van der Waals surface area contributed by atoms with E-state index < -0.39 is 0 Å². The first-order chi connectivity index (χ1) is 7.13. The van der Waals surface area contributed by atoms with E-state index in [1.165, 1.54) is 0 Å². The van der Waals surface area contributed by atoms with Crippen molar-refractivity contribution in [1.82, 2.24) is 9.97 Å². The lowest BCUT2D eigenvalue weighted by atomic mass is 10.2. The van der Waals surface area contributed by atoms with Gasteiger partial charge in [0, 0.05) is 19.9 Å². The van der Waals surface area contributed by atoms with Gasteiger partial charge in [-0.25, -0.2) is 4.98 Å². The Labute approximate surface area is 103 Å². The van der Waals surface area contributed by atoms with E-state index in [9.17, 15) is 0 Å². The maximum absolute atomic E-state index is 5.69. The molecule has 0 amide bonds. The molecule has 0 aliphatic carbocycles. The highest BCUT2D eigenvalue weighted by molar-refractivity contribution is 9.10. The maximum Gasteiger partial charge on any atom is 0.224 e. The van der Waals surface area contributed by atoms with Gasteiger partial charge < -0.3 is 10.1 Å². The fraction of sp³-hybridized carbons (Fsp3) is 0.556. The normalized spacial score (nSPS) is 12.5. The van der Waals surface area contributed by atoms with E-state index in [4.69, 9.17) is 16.3 Å². The van der Waals surface area contributed by atoms with Crippen molar-refractivity contribution in [3.05, 3.63) is 16.0 Å². The Bertz CT molecular complexity index is 324. The first-order valence-electron chi connectivity index (χ1n) is 4.54. The van der Waals surface area contributed by atoms with Crippen LogP contribution in [0, 0.1) is 5.92 Å². The Morgan fingerprint density at radius 1 is 1.67 bits per heavy atom. The summed E-state index contributed by atoms with van der Waals surface area (Å²) in [4.78, 5) is 7.91. The van der Waals surface area contributed by atoms with Crippen LogP contribution in [0.3, 0.4) is 0 Å². The zero-order chi connectivity index (χ0) is 11.3. The highest BCUT2D eigenvalue weighted by Crippen LogP contribution is 2.20. The molecule has 0 saturated heterocycles. The molecule has 0 saturated carbocycles. The summed E-state index contributed by atoms with van der Waals surface area (Å²) in [6, 6.07) is 0. The predicted octanol–water partition coefficient (Wildman–Crippen LogP) is 2.59. The third-order valence-electron chi connectivity index (χ3n) is 1.78. The molecule has 0 aliphatic rings. The monoisotopic (exact) mass is 293 g/mol. The van der Waals surface area contributed by atoms with Crippen molar-refractivity contribution < 1.29 is 4.74 Å². The van der Waals surface area contributed by atoms with E-state index >= 15 is 0 Å². The van der Waals surface area contributed by atoms with E-state index in [0.717, 1.165) is 11.0 Å². The van der Waals surface area contributed by atoms with Gasteiger partial charge in [-0.1, -0.05) is 6.92 Å². The number of anilines is 1. The molecule has 15 heavy (non-hydrogen) atoms. The number of rotatable bonds is 5. The number of nitrogens with zero attached hydrogens (tertiary/aromatic N) is 2. The molecular formula is C9H13BrClN3O. The fourth-order valence-electron chi connectivity index (χ4n) is 1.08. The van der Waals surface area contributed by atoms with Crippen LogP contribution >= 0.6 is 27.5 Å². The van der Waals surface area contributed by atoms with Crippen LogP contribution in [-0.2, 0) is 4.74 Å². The second-order valence-corrected chi connectivity index (χ2v) is 4.47. The summed E-state index contributed by atoms with van der Waals surface area (Å²) in [5.74, 6) is 1.12. The summed E-state index contributed by atoms with van der Waals surface area (Å²) in [5.41, 5.74) is 0. The summed E-state index contributed by atoms with van der Waals surface area (Å²) in [5, 5.41) is 3.41. The summed E-state index contributed by atoms with van der Waals surface area (Å²) in [6.45, 7) is 3.58. The van der Waals surface area contributed by atoms with E-state index in [2.05, 4.69) is 38.1 Å². The van der Waals surface area contributed by atoms with E-state index in [0.29, 0.717) is 18.3 Å². The van der Waals surface area contributed by atoms with Gasteiger partial charge >= 0.3 is 0 Å². The number of hydrogen-bond acceptors (Lipinski definition) is 4. The molecular weight excluding hydrogens is 281 g/mol. The Kier molecular flexibility index (Phi) is 5.28. The van der Waals surface area contributed by atoms with Crippen LogP contribution in [0.5, 0.6) is 0 Å². The summed E-state index contributed by atoms with van der Waals surface area (Å²) < 4.78 is 5.84. The van der Waals surface area contributed by atoms with Crippen molar-refractivity contribution in [2.24, 2.45) is 5.92 Å². The molecule has 1 aromatic heterocycles. The van der Waals surface area contributed by atoms with Crippen LogP contribution in [0.2, 0.25) is 5.28 Å². The Hall–Kier alpha value is -0.390. The molecule has 1 heterocycles. The number of aromatic nitrogens is 2. The molecule has 0 radical (unpaired) electrons. The quantitative estimate of drug-likeness (QED) is 0.848. The topological polar surface area (TPSA) is 47.0 Å². The summed E-state index contributed by atoms with van der Waals surface area (Å²) in [6.07, 6.45) is 1.62. The zero-order valence-electron chi connectivity index (χ0n) is 8.63. The van der Waals surface area contributed by atoms with Gasteiger partial charge in [0.15, 0.2) is 0 Å². The molecule has 1 aromatic rings. The van der Waals surface area contributed by atoms with Crippen LogP contribution in [0.4, 0.5) is 5.82 Å². The number of ether oxygens (including phenoxy) is 1. The van der Waals surface area contributed by atoms with Crippen LogP contribution in [-0.4, -0.2) is 30.2 Å². The highest BCUT2D eigenvalue weighted by atomic mass is 79.9. The van der Waals surface area contributed by atoms with Crippen molar-refractivity contribution in [3.8, 4) is 0 Å². The second-order valence-electron chi connectivity index (χ2n) is 3.28. The largest absolute Gasteiger partial charge is 0.384 e. The molecule has 1 atom stereocenters. The van der Waals surface area contributed by atoms with Crippen molar-refractivity contribution in [3.63, 3.8) is 0 Å². The first-order valence-corrected chi connectivity index (χ1v) is 5.71. The molecule has 1 rings (SSSR count). The van der Waals surface area contributed by atoms with Crippen molar-refractivity contribution in [1.29, 1.82) is 0 Å². The standard InChI is InChI=1S/C9H13BrClN3O/c1-6(5-15-2)3-12-8-7(10)4-13-9(11)14-8/h4,6H,3,5H2,1-2H3,(H,12,13,14). The minimum absolute atomic E-state index is 0.236. The van der Waals surface area contributed by atoms with Gasteiger partial charge in [0.1, 0.15) is 5.82 Å². The lowest BCUT2D eigenvalue weighted by Crippen LogP contribution is -2.16. The predicted molar refractivity (Wildman–Crippen MR) is 64.3 cm³/mol. The average molecular weight is 295 g/mol. The molecule has 0 fully saturated rings. The van der Waals surface area contributed by atoms with Crippen molar-refractivity contribution in [2.45, 2.75) is 6.92 Å². The van der Waals surface area contributed by atoms with E-state index in [1.54, 1.807) is 13.3 Å². The van der Waals surface area contributed by atoms with Gasteiger partial charge in [-0.05, 0) is 33.4 Å². The van der Waals surface area contributed by atoms with Gasteiger partial charge in [0.2, 0.25) is 5.28 Å². The maximum atomic E-state index is 5.69. The van der Waals surface area contributed by atoms with Gasteiger partial charge in [0.25, 0.3) is 0 Å². The molecule has 1 N–H and O–H groups in total. The fourth-order valence-corrected chi connectivity index (χ4v) is 1.55. The van der Waals surface area contributed by atoms with Crippen molar-refractivity contribution in [2.75, 3.05) is 25.6 Å². The molecule has 0 aliphatic heterocycles. The van der Waals surface area contributed by atoms with Crippen LogP contribution in [0.1, 0.15) is 6.92 Å². The molecule has 6 heteroatoms. The van der Waals surface area contributed by atoms with Crippen LogP contribution < -0.4 is 5.32 Å². The SMILES string of the molecule is COCC(C)CNc1nc(Cl)ncc1Br. The number of halogens is 2. The lowest BCUT2D eigenvalue weighted by molar-refractivity contribution is 0.164. The smallest absolute Gasteiger partial charge is 0.224 e. The highest BCUT2D eigenvalue weighted by Gasteiger charge is 2.06. The Morgan fingerprint density at radius 2 is 2.40 bits per heavy atom. The van der Waals surface area contributed by atoms with Crippen LogP contribution in [0.15, 0.2) is 10.7 Å². The number of nitrogens with one attached hydrogen (secondary N) is 1. The molecule has 0 bridgehead atoms. The molecule has 84 valence electrons. The van der Waals surface area contributed by atoms with E-state index in [-0.39, 0.29) is 5.28 Å². The minimum Gasteiger partial charge on any atom is -0.384 e. The molecule has 4 nitrogen and oxygen atoms in total. The third kappa shape index (κ3) is 4.32. The molecule has 0 spiro atoms. The van der Waals surface area contributed by atoms with Crippen molar-refractivity contribution >= 4 is 33.3 Å². The summed E-state index contributed by atoms with van der Waals surface area (Å²) >= 11 is 9.03.